The molecule has 0 spiro atoms. The third-order valence-corrected chi connectivity index (χ3v) is 5.91. The lowest BCUT2D eigenvalue weighted by atomic mass is 9.89. The highest BCUT2D eigenvalue weighted by atomic mass is 19.1. The highest BCUT2D eigenvalue weighted by Crippen LogP contribution is 2.31. The highest BCUT2D eigenvalue weighted by Gasteiger charge is 2.28. The molecule has 0 radical (unpaired) electrons. The lowest BCUT2D eigenvalue weighted by Gasteiger charge is -2.32. The molecule has 2 N–H and O–H groups in total. The van der Waals surface area contributed by atoms with Gasteiger partial charge >= 0.3 is 0 Å². The maximum atomic E-state index is 13.5. The van der Waals surface area contributed by atoms with Gasteiger partial charge in [-0.25, -0.2) is 4.39 Å². The Morgan fingerprint density at radius 1 is 1.13 bits per heavy atom. The molecule has 1 fully saturated rings. The fourth-order valence-corrected chi connectivity index (χ4v) is 4.16. The molecule has 2 aromatic carbocycles. The summed E-state index contributed by atoms with van der Waals surface area (Å²) in [5.74, 6) is -0.807. The first-order valence-corrected chi connectivity index (χ1v) is 10.1. The quantitative estimate of drug-likeness (QED) is 0.719. The number of rotatable bonds is 4. The summed E-state index contributed by atoms with van der Waals surface area (Å²) >= 11 is 0. The predicted octanol–water partition coefficient (Wildman–Crippen LogP) is 3.73. The lowest BCUT2D eigenvalue weighted by Crippen LogP contribution is -2.39. The van der Waals surface area contributed by atoms with Crippen molar-refractivity contribution in [1.29, 1.82) is 0 Å². The van der Waals surface area contributed by atoms with Crippen LogP contribution in [-0.2, 0) is 11.2 Å². The van der Waals surface area contributed by atoms with E-state index in [1.807, 2.05) is 36.1 Å². The van der Waals surface area contributed by atoms with Crippen molar-refractivity contribution in [2.75, 3.05) is 13.1 Å². The highest BCUT2D eigenvalue weighted by molar-refractivity contribution is 5.97. The molecule has 2 amide bonds. The summed E-state index contributed by atoms with van der Waals surface area (Å²) in [5, 5.41) is 0.554. The van der Waals surface area contributed by atoms with Crippen LogP contribution < -0.4 is 5.73 Å². The summed E-state index contributed by atoms with van der Waals surface area (Å²) in [6, 6.07) is 13.9. The fourth-order valence-electron chi connectivity index (χ4n) is 4.16. The first-order chi connectivity index (χ1) is 14.4. The molecule has 1 aliphatic heterocycles. The van der Waals surface area contributed by atoms with Gasteiger partial charge in [0.25, 0.3) is 5.91 Å². The number of aryl methyl sites for hydroxylation is 1. The fraction of sp³-hybridized carbons (Fsp3) is 0.292. The van der Waals surface area contributed by atoms with Crippen molar-refractivity contribution in [3.8, 4) is 0 Å². The van der Waals surface area contributed by atoms with E-state index in [0.717, 1.165) is 11.1 Å². The molecule has 1 aromatic heterocycles. The smallest absolute Gasteiger partial charge is 0.250 e. The Morgan fingerprint density at radius 2 is 1.87 bits per heavy atom. The molecule has 1 saturated heterocycles. The normalized spacial score (nSPS) is 14.8. The molecule has 2 heterocycles. The van der Waals surface area contributed by atoms with Gasteiger partial charge in [-0.2, -0.15) is 0 Å². The van der Waals surface area contributed by atoms with Gasteiger partial charge in [0.1, 0.15) is 5.82 Å². The number of benzene rings is 2. The van der Waals surface area contributed by atoms with Gasteiger partial charge in [-0.3, -0.25) is 14.6 Å². The summed E-state index contributed by atoms with van der Waals surface area (Å²) in [6.07, 6.45) is 1.81. The zero-order valence-electron chi connectivity index (χ0n) is 16.9. The number of hydrogen-bond acceptors (Lipinski definition) is 3. The van der Waals surface area contributed by atoms with Crippen LogP contribution in [0.2, 0.25) is 0 Å². The molecule has 0 bridgehead atoms. The van der Waals surface area contributed by atoms with E-state index in [4.69, 9.17) is 5.73 Å². The molecule has 3 aromatic rings. The molecule has 0 atom stereocenters. The number of halogens is 1. The predicted molar refractivity (Wildman–Crippen MR) is 114 cm³/mol. The number of likely N-dealkylation sites (tertiary alicyclic amines) is 1. The monoisotopic (exact) mass is 405 g/mol. The van der Waals surface area contributed by atoms with Gasteiger partial charge in [0.15, 0.2) is 0 Å². The molecule has 4 rings (SSSR count). The first kappa shape index (κ1) is 20.0. The van der Waals surface area contributed by atoms with E-state index < -0.39 is 5.91 Å². The van der Waals surface area contributed by atoms with Gasteiger partial charge in [0, 0.05) is 24.4 Å². The molecular weight excluding hydrogens is 381 g/mol. The Hall–Kier alpha value is -3.28. The number of carbonyl (C=O) groups is 2. The van der Waals surface area contributed by atoms with Gasteiger partial charge in [-0.1, -0.05) is 24.3 Å². The minimum Gasteiger partial charge on any atom is -0.366 e. The molecule has 154 valence electrons. The SMILES string of the molecule is Cc1ccccc1CC(=O)N1CCC(c2nc3ccc(F)cc3cc2C(N)=O)CC1. The summed E-state index contributed by atoms with van der Waals surface area (Å²) < 4.78 is 13.5. The van der Waals surface area contributed by atoms with Crippen molar-refractivity contribution in [3.05, 3.63) is 76.7 Å². The van der Waals surface area contributed by atoms with E-state index in [1.165, 1.54) is 12.1 Å². The maximum absolute atomic E-state index is 13.5. The average molecular weight is 405 g/mol. The van der Waals surface area contributed by atoms with Crippen LogP contribution in [0.3, 0.4) is 0 Å². The summed E-state index contributed by atoms with van der Waals surface area (Å²) in [4.78, 5) is 31.3. The molecule has 6 heteroatoms. The van der Waals surface area contributed by atoms with Crippen LogP contribution in [0.25, 0.3) is 10.9 Å². The zero-order chi connectivity index (χ0) is 21.3. The van der Waals surface area contributed by atoms with Crippen molar-refractivity contribution < 1.29 is 14.0 Å². The minimum atomic E-state index is -0.568. The van der Waals surface area contributed by atoms with Crippen molar-refractivity contribution in [2.45, 2.75) is 32.1 Å². The number of hydrogen-bond donors (Lipinski definition) is 1. The van der Waals surface area contributed by atoms with E-state index in [1.54, 1.807) is 12.1 Å². The number of aromatic nitrogens is 1. The van der Waals surface area contributed by atoms with E-state index >= 15 is 0 Å². The number of nitrogens with zero attached hydrogens (tertiary/aromatic N) is 2. The van der Waals surface area contributed by atoms with Crippen LogP contribution >= 0.6 is 0 Å². The summed E-state index contributed by atoms with van der Waals surface area (Å²) in [6.45, 7) is 3.23. The second kappa shape index (κ2) is 8.22. The molecule has 0 unspecified atom stereocenters. The topological polar surface area (TPSA) is 76.3 Å². The third-order valence-electron chi connectivity index (χ3n) is 5.91. The van der Waals surface area contributed by atoms with Crippen LogP contribution in [0.1, 0.15) is 45.9 Å². The standard InChI is InChI=1S/C24H24FN3O2/c1-15-4-2-3-5-17(15)14-22(29)28-10-8-16(9-11-28)23-20(24(26)30)13-18-12-19(25)6-7-21(18)27-23/h2-7,12-13,16H,8-11,14H2,1H3,(H2,26,30). The zero-order valence-corrected chi connectivity index (χ0v) is 16.9. The number of amides is 2. The minimum absolute atomic E-state index is 0.0319. The third kappa shape index (κ3) is 4.03. The van der Waals surface area contributed by atoms with Crippen molar-refractivity contribution in [1.82, 2.24) is 9.88 Å². The summed E-state index contributed by atoms with van der Waals surface area (Å²) in [7, 11) is 0. The van der Waals surface area contributed by atoms with Crippen molar-refractivity contribution in [2.24, 2.45) is 5.73 Å². The number of nitrogens with two attached hydrogens (primary N) is 1. The van der Waals surface area contributed by atoms with E-state index in [0.29, 0.717) is 54.5 Å². The van der Waals surface area contributed by atoms with Gasteiger partial charge < -0.3 is 10.6 Å². The molecule has 30 heavy (non-hydrogen) atoms. The largest absolute Gasteiger partial charge is 0.366 e. The Kier molecular flexibility index (Phi) is 5.48. The molecule has 0 aliphatic carbocycles. The Balaban J connectivity index is 1.51. The summed E-state index contributed by atoms with van der Waals surface area (Å²) in [5.41, 5.74) is 9.36. The van der Waals surface area contributed by atoms with Crippen molar-refractivity contribution in [3.63, 3.8) is 0 Å². The van der Waals surface area contributed by atoms with Crippen LogP contribution in [0.4, 0.5) is 4.39 Å². The van der Waals surface area contributed by atoms with Crippen LogP contribution in [0, 0.1) is 12.7 Å². The van der Waals surface area contributed by atoms with E-state index in [9.17, 15) is 14.0 Å². The number of primary amides is 1. The number of piperidine rings is 1. The lowest BCUT2D eigenvalue weighted by molar-refractivity contribution is -0.131. The average Bonchev–Trinajstić information content (AvgIpc) is 2.74. The Morgan fingerprint density at radius 3 is 2.57 bits per heavy atom. The number of carbonyl (C=O) groups excluding carboxylic acids is 2. The van der Waals surface area contributed by atoms with Crippen LogP contribution in [0.5, 0.6) is 0 Å². The van der Waals surface area contributed by atoms with Gasteiger partial charge in [0.2, 0.25) is 5.91 Å². The Labute approximate surface area is 174 Å². The van der Waals surface area contributed by atoms with Gasteiger partial charge in [-0.15, -0.1) is 0 Å². The Bertz CT molecular complexity index is 1120. The second-order valence-electron chi connectivity index (χ2n) is 7.88. The molecule has 5 nitrogen and oxygen atoms in total. The van der Waals surface area contributed by atoms with E-state index in [2.05, 4.69) is 4.98 Å². The van der Waals surface area contributed by atoms with E-state index in [-0.39, 0.29) is 17.6 Å². The van der Waals surface area contributed by atoms with Crippen molar-refractivity contribution >= 4 is 22.7 Å². The number of fused-ring (bicyclic) bond motifs is 1. The van der Waals surface area contributed by atoms with Gasteiger partial charge in [0.05, 0.1) is 23.2 Å². The number of pyridine rings is 1. The van der Waals surface area contributed by atoms with Crippen LogP contribution in [-0.4, -0.2) is 34.8 Å². The maximum Gasteiger partial charge on any atom is 0.250 e. The molecular formula is C24H24FN3O2. The molecule has 1 aliphatic rings. The van der Waals surface area contributed by atoms with Gasteiger partial charge in [-0.05, 0) is 55.2 Å². The molecule has 0 saturated carbocycles. The van der Waals surface area contributed by atoms with Crippen LogP contribution in [0.15, 0.2) is 48.5 Å². The second-order valence-corrected chi connectivity index (χ2v) is 7.88. The first-order valence-electron chi connectivity index (χ1n) is 10.1.